The van der Waals surface area contributed by atoms with E-state index in [1.54, 1.807) is 0 Å². The number of rotatable bonds is 5. The van der Waals surface area contributed by atoms with Crippen molar-refractivity contribution in [3.05, 3.63) is 24.2 Å². The zero-order chi connectivity index (χ0) is 16.4. The molecule has 1 saturated heterocycles. The summed E-state index contributed by atoms with van der Waals surface area (Å²) in [6.45, 7) is 12.1. The SMILES string of the molecule is CCCC(c1nc2cccnc2n1CC)N1CC(C)NC(C)C1. The van der Waals surface area contributed by atoms with Gasteiger partial charge in [0.2, 0.25) is 0 Å². The summed E-state index contributed by atoms with van der Waals surface area (Å²) in [7, 11) is 0. The maximum atomic E-state index is 4.97. The molecule has 23 heavy (non-hydrogen) atoms. The molecule has 5 heteroatoms. The average Bonchev–Trinajstić information content (AvgIpc) is 2.89. The van der Waals surface area contributed by atoms with Gasteiger partial charge in [0, 0.05) is 37.9 Å². The third kappa shape index (κ3) is 3.26. The molecular formula is C18H29N5. The molecule has 126 valence electrons. The van der Waals surface area contributed by atoms with Crippen LogP contribution in [0.1, 0.15) is 52.4 Å². The smallest absolute Gasteiger partial charge is 0.160 e. The lowest BCUT2D eigenvalue weighted by atomic mass is 10.0. The fourth-order valence-electron chi connectivity index (χ4n) is 3.91. The molecule has 0 bridgehead atoms. The normalized spacial score (nSPS) is 24.2. The van der Waals surface area contributed by atoms with Crippen LogP contribution in [0.2, 0.25) is 0 Å². The topological polar surface area (TPSA) is 46.0 Å². The zero-order valence-electron chi connectivity index (χ0n) is 14.8. The molecular weight excluding hydrogens is 286 g/mol. The van der Waals surface area contributed by atoms with Gasteiger partial charge in [0.15, 0.2) is 5.65 Å². The molecule has 0 aliphatic carbocycles. The van der Waals surface area contributed by atoms with Crippen molar-refractivity contribution in [2.24, 2.45) is 0 Å². The standard InChI is InChI=1S/C18H29N5/c1-5-8-16(22-11-13(3)20-14(4)12-22)18-21-15-9-7-10-19-17(15)23(18)6-2/h7,9-10,13-14,16,20H,5-6,8,11-12H2,1-4H3. The molecule has 2 aromatic heterocycles. The summed E-state index contributed by atoms with van der Waals surface area (Å²) < 4.78 is 2.30. The van der Waals surface area contributed by atoms with Gasteiger partial charge in [-0.3, -0.25) is 4.90 Å². The van der Waals surface area contributed by atoms with Crippen LogP contribution >= 0.6 is 0 Å². The van der Waals surface area contributed by atoms with E-state index in [2.05, 4.69) is 53.5 Å². The molecule has 3 heterocycles. The molecule has 0 amide bonds. The minimum absolute atomic E-state index is 0.376. The number of piperazine rings is 1. The quantitative estimate of drug-likeness (QED) is 0.921. The van der Waals surface area contributed by atoms with Gasteiger partial charge in [0.05, 0.1) is 6.04 Å². The van der Waals surface area contributed by atoms with Crippen LogP contribution in [0.4, 0.5) is 0 Å². The second-order valence-corrected chi connectivity index (χ2v) is 6.79. The number of fused-ring (bicyclic) bond motifs is 1. The maximum absolute atomic E-state index is 4.97. The molecule has 1 N–H and O–H groups in total. The van der Waals surface area contributed by atoms with Gasteiger partial charge in [-0.05, 0) is 39.3 Å². The first-order valence-corrected chi connectivity index (χ1v) is 8.95. The second kappa shape index (κ2) is 6.97. The van der Waals surface area contributed by atoms with Gasteiger partial charge in [0.1, 0.15) is 11.3 Å². The summed E-state index contributed by atoms with van der Waals surface area (Å²) in [6.07, 6.45) is 4.17. The Balaban J connectivity index is 2.00. The molecule has 3 atom stereocenters. The van der Waals surface area contributed by atoms with E-state index in [0.29, 0.717) is 18.1 Å². The number of hydrogen-bond donors (Lipinski definition) is 1. The Labute approximate surface area is 139 Å². The predicted molar refractivity (Wildman–Crippen MR) is 94.5 cm³/mol. The van der Waals surface area contributed by atoms with Gasteiger partial charge in [-0.15, -0.1) is 0 Å². The molecule has 3 unspecified atom stereocenters. The van der Waals surface area contributed by atoms with E-state index < -0.39 is 0 Å². The van der Waals surface area contributed by atoms with Crippen LogP contribution in [0.5, 0.6) is 0 Å². The van der Waals surface area contributed by atoms with E-state index in [-0.39, 0.29) is 0 Å². The van der Waals surface area contributed by atoms with Gasteiger partial charge in [-0.1, -0.05) is 13.3 Å². The van der Waals surface area contributed by atoms with Crippen molar-refractivity contribution in [2.75, 3.05) is 13.1 Å². The van der Waals surface area contributed by atoms with Gasteiger partial charge in [-0.2, -0.15) is 0 Å². The molecule has 1 aliphatic heterocycles. The monoisotopic (exact) mass is 315 g/mol. The Morgan fingerprint density at radius 1 is 1.26 bits per heavy atom. The predicted octanol–water partition coefficient (Wildman–Crippen LogP) is 2.97. The maximum Gasteiger partial charge on any atom is 0.160 e. The van der Waals surface area contributed by atoms with Crippen molar-refractivity contribution >= 4 is 11.2 Å². The van der Waals surface area contributed by atoms with E-state index in [4.69, 9.17) is 4.98 Å². The molecule has 0 saturated carbocycles. The van der Waals surface area contributed by atoms with Crippen LogP contribution < -0.4 is 5.32 Å². The number of pyridine rings is 1. The summed E-state index contributed by atoms with van der Waals surface area (Å²) in [4.78, 5) is 12.1. The Morgan fingerprint density at radius 3 is 2.65 bits per heavy atom. The van der Waals surface area contributed by atoms with Crippen LogP contribution in [0.15, 0.2) is 18.3 Å². The highest BCUT2D eigenvalue weighted by molar-refractivity contribution is 5.71. The van der Waals surface area contributed by atoms with Gasteiger partial charge in [-0.25, -0.2) is 9.97 Å². The first-order valence-electron chi connectivity index (χ1n) is 8.95. The molecule has 3 rings (SSSR count). The van der Waals surface area contributed by atoms with Crippen LogP contribution in [0.3, 0.4) is 0 Å². The van der Waals surface area contributed by atoms with Crippen LogP contribution in [-0.2, 0) is 6.54 Å². The number of imidazole rings is 1. The van der Waals surface area contributed by atoms with E-state index in [0.717, 1.165) is 43.6 Å². The summed E-state index contributed by atoms with van der Waals surface area (Å²) >= 11 is 0. The van der Waals surface area contributed by atoms with E-state index in [1.807, 2.05) is 12.3 Å². The molecule has 5 nitrogen and oxygen atoms in total. The molecule has 2 aromatic rings. The Morgan fingerprint density at radius 2 is 2.00 bits per heavy atom. The van der Waals surface area contributed by atoms with Crippen molar-refractivity contribution in [1.82, 2.24) is 24.8 Å². The number of aryl methyl sites for hydroxylation is 1. The Bertz CT molecular complexity index is 640. The molecule has 1 aliphatic rings. The van der Waals surface area contributed by atoms with Crippen LogP contribution in [0, 0.1) is 0 Å². The van der Waals surface area contributed by atoms with Crippen molar-refractivity contribution < 1.29 is 0 Å². The van der Waals surface area contributed by atoms with Gasteiger partial charge < -0.3 is 9.88 Å². The summed E-state index contributed by atoms with van der Waals surface area (Å²) in [6, 6.07) is 5.47. The first-order chi connectivity index (χ1) is 11.1. The summed E-state index contributed by atoms with van der Waals surface area (Å²) in [5.74, 6) is 1.18. The lowest BCUT2D eigenvalue weighted by molar-refractivity contribution is 0.110. The third-order valence-corrected chi connectivity index (χ3v) is 4.74. The van der Waals surface area contributed by atoms with Crippen LogP contribution in [0.25, 0.3) is 11.2 Å². The molecule has 1 fully saturated rings. The second-order valence-electron chi connectivity index (χ2n) is 6.79. The fourth-order valence-corrected chi connectivity index (χ4v) is 3.91. The fraction of sp³-hybridized carbons (Fsp3) is 0.667. The molecule has 0 radical (unpaired) electrons. The van der Waals surface area contributed by atoms with Gasteiger partial charge >= 0.3 is 0 Å². The lowest BCUT2D eigenvalue weighted by Gasteiger charge is -2.40. The number of hydrogen-bond acceptors (Lipinski definition) is 4. The zero-order valence-corrected chi connectivity index (χ0v) is 14.8. The minimum atomic E-state index is 0.376. The minimum Gasteiger partial charge on any atom is -0.312 e. The van der Waals surface area contributed by atoms with E-state index >= 15 is 0 Å². The summed E-state index contributed by atoms with van der Waals surface area (Å²) in [5, 5.41) is 3.63. The van der Waals surface area contributed by atoms with Crippen LogP contribution in [-0.4, -0.2) is 44.6 Å². The third-order valence-electron chi connectivity index (χ3n) is 4.74. The molecule has 0 aromatic carbocycles. The molecule has 0 spiro atoms. The first kappa shape index (κ1) is 16.4. The number of nitrogens with zero attached hydrogens (tertiary/aromatic N) is 4. The Hall–Kier alpha value is -1.46. The number of nitrogens with one attached hydrogen (secondary N) is 1. The largest absolute Gasteiger partial charge is 0.312 e. The van der Waals surface area contributed by atoms with Crippen molar-refractivity contribution in [3.8, 4) is 0 Å². The van der Waals surface area contributed by atoms with Crippen molar-refractivity contribution in [2.45, 2.75) is 65.2 Å². The average molecular weight is 315 g/mol. The van der Waals surface area contributed by atoms with Crippen molar-refractivity contribution in [3.63, 3.8) is 0 Å². The van der Waals surface area contributed by atoms with E-state index in [9.17, 15) is 0 Å². The van der Waals surface area contributed by atoms with Gasteiger partial charge in [0.25, 0.3) is 0 Å². The summed E-state index contributed by atoms with van der Waals surface area (Å²) in [5.41, 5.74) is 2.03. The number of aromatic nitrogens is 3. The lowest BCUT2D eigenvalue weighted by Crippen LogP contribution is -2.55. The highest BCUT2D eigenvalue weighted by atomic mass is 15.3. The highest BCUT2D eigenvalue weighted by Gasteiger charge is 2.30. The highest BCUT2D eigenvalue weighted by Crippen LogP contribution is 2.29. The van der Waals surface area contributed by atoms with Crippen molar-refractivity contribution in [1.29, 1.82) is 0 Å². The van der Waals surface area contributed by atoms with E-state index in [1.165, 1.54) is 5.82 Å². The Kier molecular flexibility index (Phi) is 4.97.